The van der Waals surface area contributed by atoms with Crippen LogP contribution in [0.5, 0.6) is 0 Å². The summed E-state index contributed by atoms with van der Waals surface area (Å²) in [6, 6.07) is 0. The Hall–Kier alpha value is -0.120. The molecule has 2 aliphatic rings. The third-order valence-electron chi connectivity index (χ3n) is 4.01. The first-order valence-electron chi connectivity index (χ1n) is 6.49. The van der Waals surface area contributed by atoms with Crippen molar-refractivity contribution in [3.05, 3.63) is 0 Å². The highest BCUT2D eigenvalue weighted by Crippen LogP contribution is 2.45. The molecule has 0 unspecified atom stereocenters. The Kier molecular flexibility index (Phi) is 3.57. The second-order valence-corrected chi connectivity index (χ2v) is 5.82. The molecule has 1 N–H and O–H groups in total. The van der Waals surface area contributed by atoms with Crippen LogP contribution < -0.4 is 0 Å². The van der Waals surface area contributed by atoms with E-state index < -0.39 is 11.9 Å². The monoisotopic (exact) mass is 228 g/mol. The molecule has 1 saturated heterocycles. The smallest absolute Gasteiger partial charge is 0.171 e. The van der Waals surface area contributed by atoms with Crippen LogP contribution in [-0.4, -0.2) is 30.2 Å². The summed E-state index contributed by atoms with van der Waals surface area (Å²) in [5.41, 5.74) is 0. The van der Waals surface area contributed by atoms with Crippen molar-refractivity contribution in [1.82, 2.24) is 0 Å². The Morgan fingerprint density at radius 2 is 1.81 bits per heavy atom. The molecule has 1 saturated carbocycles. The molecule has 1 aliphatic heterocycles. The minimum atomic E-state index is -0.448. The van der Waals surface area contributed by atoms with Crippen molar-refractivity contribution in [2.75, 3.05) is 13.2 Å². The molecule has 1 aliphatic carbocycles. The van der Waals surface area contributed by atoms with Crippen LogP contribution in [-0.2, 0) is 9.47 Å². The highest BCUT2D eigenvalue weighted by molar-refractivity contribution is 4.90. The van der Waals surface area contributed by atoms with Gasteiger partial charge in [0.25, 0.3) is 0 Å². The van der Waals surface area contributed by atoms with E-state index in [-0.39, 0.29) is 0 Å². The molecule has 2 atom stereocenters. The maximum Gasteiger partial charge on any atom is 0.171 e. The largest absolute Gasteiger partial charge is 0.388 e. The number of ether oxygens (including phenoxy) is 2. The molecule has 1 spiro atoms. The summed E-state index contributed by atoms with van der Waals surface area (Å²) < 4.78 is 11.8. The number of hydrogen-bond acceptors (Lipinski definition) is 3. The lowest BCUT2D eigenvalue weighted by molar-refractivity contribution is -0.336. The van der Waals surface area contributed by atoms with E-state index in [1.54, 1.807) is 0 Å². The lowest BCUT2D eigenvalue weighted by Crippen LogP contribution is -2.55. The molecule has 3 heteroatoms. The van der Waals surface area contributed by atoms with Gasteiger partial charge in [0.05, 0.1) is 13.2 Å². The maximum atomic E-state index is 9.46. The summed E-state index contributed by atoms with van der Waals surface area (Å²) in [6.45, 7) is 7.59. The molecular weight excluding hydrogens is 204 g/mol. The zero-order chi connectivity index (χ0) is 11.8. The third-order valence-corrected chi connectivity index (χ3v) is 4.01. The molecule has 0 amide bonds. The van der Waals surface area contributed by atoms with Gasteiger partial charge >= 0.3 is 0 Å². The molecule has 1 heterocycles. The van der Waals surface area contributed by atoms with E-state index in [1.165, 1.54) is 12.8 Å². The average Bonchev–Trinajstić information content (AvgIpc) is 2.22. The van der Waals surface area contributed by atoms with Crippen LogP contribution in [0.4, 0.5) is 0 Å². The van der Waals surface area contributed by atoms with Crippen molar-refractivity contribution in [1.29, 1.82) is 0 Å². The van der Waals surface area contributed by atoms with Crippen molar-refractivity contribution in [3.8, 4) is 0 Å². The predicted octanol–water partition coefficient (Wildman–Crippen LogP) is 2.18. The fourth-order valence-corrected chi connectivity index (χ4v) is 3.16. The van der Waals surface area contributed by atoms with E-state index in [0.29, 0.717) is 31.0 Å². The molecule has 0 aromatic heterocycles. The van der Waals surface area contributed by atoms with Gasteiger partial charge in [-0.15, -0.1) is 0 Å². The van der Waals surface area contributed by atoms with Crippen LogP contribution in [0.2, 0.25) is 0 Å². The van der Waals surface area contributed by atoms with Crippen molar-refractivity contribution in [3.63, 3.8) is 0 Å². The molecule has 0 bridgehead atoms. The average molecular weight is 228 g/mol. The van der Waals surface area contributed by atoms with Gasteiger partial charge in [-0.2, -0.15) is 0 Å². The zero-order valence-corrected chi connectivity index (χ0v) is 10.6. The van der Waals surface area contributed by atoms with Crippen LogP contribution in [0.1, 0.15) is 40.0 Å². The Bertz CT molecular complexity index is 231. The van der Waals surface area contributed by atoms with Gasteiger partial charge in [0, 0.05) is 12.3 Å². The number of aliphatic hydroxyl groups is 1. The molecule has 0 aromatic rings. The highest BCUT2D eigenvalue weighted by Gasteiger charge is 2.48. The Labute approximate surface area is 98.1 Å². The zero-order valence-electron chi connectivity index (χ0n) is 10.6. The molecule has 2 rings (SSSR count). The molecule has 0 aromatic carbocycles. The molecule has 16 heavy (non-hydrogen) atoms. The van der Waals surface area contributed by atoms with Gasteiger partial charge in [-0.3, -0.25) is 0 Å². The van der Waals surface area contributed by atoms with Gasteiger partial charge in [0.2, 0.25) is 0 Å². The minimum absolute atomic E-state index is 0.412. The van der Waals surface area contributed by atoms with E-state index >= 15 is 0 Å². The van der Waals surface area contributed by atoms with E-state index in [4.69, 9.17) is 9.47 Å². The fourth-order valence-electron chi connectivity index (χ4n) is 3.16. The van der Waals surface area contributed by atoms with Gasteiger partial charge in [-0.05, 0) is 18.3 Å². The Morgan fingerprint density at radius 3 is 2.38 bits per heavy atom. The summed E-state index contributed by atoms with van der Waals surface area (Å²) in [5, 5.41) is 9.46. The number of rotatable bonds is 1. The summed E-state index contributed by atoms with van der Waals surface area (Å²) >= 11 is 0. The maximum absolute atomic E-state index is 9.46. The van der Waals surface area contributed by atoms with Crippen LogP contribution in [0.15, 0.2) is 0 Å². The van der Waals surface area contributed by atoms with E-state index in [9.17, 15) is 5.11 Å². The molecule has 2 fully saturated rings. The number of aliphatic hydroxyl groups excluding tert-OH is 1. The quantitative estimate of drug-likeness (QED) is 0.747. The van der Waals surface area contributed by atoms with Gasteiger partial charge < -0.3 is 14.6 Å². The standard InChI is InChI=1S/C13H24O3/c1-9(2)12-5-4-10(3)6-13(12)15-7-11(14)8-16-13/h9-12,14H,4-8H2,1-3H3/t10-,11?,12-,13?/m0/s1. The first-order valence-corrected chi connectivity index (χ1v) is 6.49. The van der Waals surface area contributed by atoms with Crippen molar-refractivity contribution in [2.45, 2.75) is 51.9 Å². The first kappa shape index (κ1) is 12.3. The minimum Gasteiger partial charge on any atom is -0.388 e. The Balaban J connectivity index is 2.12. The normalized spacial score (nSPS) is 45.2. The third kappa shape index (κ3) is 2.27. The van der Waals surface area contributed by atoms with E-state index in [1.807, 2.05) is 0 Å². The van der Waals surface area contributed by atoms with Gasteiger partial charge in [-0.1, -0.05) is 27.2 Å². The SMILES string of the molecule is CC(C)[C@@H]1CC[C@H](C)CC12OCC(O)CO2. The van der Waals surface area contributed by atoms with E-state index in [0.717, 1.165) is 6.42 Å². The Morgan fingerprint density at radius 1 is 1.19 bits per heavy atom. The molecule has 3 nitrogen and oxygen atoms in total. The summed E-state index contributed by atoms with van der Waals surface area (Å²) in [4.78, 5) is 0. The lowest BCUT2D eigenvalue weighted by Gasteiger charge is -2.50. The van der Waals surface area contributed by atoms with Crippen LogP contribution in [0, 0.1) is 17.8 Å². The first-order chi connectivity index (χ1) is 7.53. The van der Waals surface area contributed by atoms with Crippen molar-refractivity contribution < 1.29 is 14.6 Å². The van der Waals surface area contributed by atoms with Crippen molar-refractivity contribution in [2.24, 2.45) is 17.8 Å². The summed E-state index contributed by atoms with van der Waals surface area (Å²) in [7, 11) is 0. The van der Waals surface area contributed by atoms with Gasteiger partial charge in [0.1, 0.15) is 6.10 Å². The molecule has 94 valence electrons. The van der Waals surface area contributed by atoms with E-state index in [2.05, 4.69) is 20.8 Å². The fraction of sp³-hybridized carbons (Fsp3) is 1.00. The molecule has 0 radical (unpaired) electrons. The number of hydrogen-bond donors (Lipinski definition) is 1. The van der Waals surface area contributed by atoms with Crippen molar-refractivity contribution >= 4 is 0 Å². The van der Waals surface area contributed by atoms with Crippen LogP contribution >= 0.6 is 0 Å². The summed E-state index contributed by atoms with van der Waals surface area (Å²) in [6.07, 6.45) is 2.97. The highest BCUT2D eigenvalue weighted by atomic mass is 16.7. The van der Waals surface area contributed by atoms with Crippen LogP contribution in [0.3, 0.4) is 0 Å². The van der Waals surface area contributed by atoms with Gasteiger partial charge in [0.15, 0.2) is 5.79 Å². The van der Waals surface area contributed by atoms with Gasteiger partial charge in [-0.25, -0.2) is 0 Å². The summed E-state index contributed by atoms with van der Waals surface area (Å²) in [5.74, 6) is 1.29. The second kappa shape index (κ2) is 4.63. The topological polar surface area (TPSA) is 38.7 Å². The predicted molar refractivity (Wildman–Crippen MR) is 62.0 cm³/mol. The second-order valence-electron chi connectivity index (χ2n) is 5.82. The van der Waals surface area contributed by atoms with Crippen LogP contribution in [0.25, 0.3) is 0 Å². The lowest BCUT2D eigenvalue weighted by atomic mass is 9.72. The molecular formula is C13H24O3.